The number of rotatable bonds is 4. The topological polar surface area (TPSA) is 51.1 Å². The summed E-state index contributed by atoms with van der Waals surface area (Å²) in [6.45, 7) is 4.74. The molecule has 1 aromatic carbocycles. The molecule has 1 fully saturated rings. The van der Waals surface area contributed by atoms with E-state index in [4.69, 9.17) is 5.11 Å². The third-order valence-corrected chi connectivity index (χ3v) is 4.15. The van der Waals surface area contributed by atoms with Crippen LogP contribution in [0, 0.1) is 0 Å². The monoisotopic (exact) mass is 288 g/mol. The Morgan fingerprint density at radius 1 is 1.10 bits per heavy atom. The number of aliphatic hydroxyl groups is 1. The van der Waals surface area contributed by atoms with Gasteiger partial charge in [0, 0.05) is 26.2 Å². The maximum atomic E-state index is 9.14. The summed E-state index contributed by atoms with van der Waals surface area (Å²) in [5.41, 5.74) is 2.37. The molecule has 2 aliphatic heterocycles. The molecular weight excluding hydrogens is 264 g/mol. The minimum absolute atomic E-state index is 0.161. The van der Waals surface area contributed by atoms with Gasteiger partial charge in [-0.25, -0.2) is 0 Å². The highest BCUT2D eigenvalue weighted by atomic mass is 16.3. The molecule has 0 atom stereocenters. The lowest BCUT2D eigenvalue weighted by atomic mass is 10.1. The second-order valence-electron chi connectivity index (χ2n) is 5.61. The van der Waals surface area contributed by atoms with Crippen LogP contribution in [0.4, 0.5) is 11.4 Å². The first-order valence-corrected chi connectivity index (χ1v) is 7.90. The summed E-state index contributed by atoms with van der Waals surface area (Å²) in [4.78, 5) is 9.08. The normalized spacial score (nSPS) is 18.8. The summed E-state index contributed by atoms with van der Waals surface area (Å²) in [7, 11) is 0. The van der Waals surface area contributed by atoms with Gasteiger partial charge in [-0.1, -0.05) is 12.1 Å². The van der Waals surface area contributed by atoms with Crippen LogP contribution in [0.3, 0.4) is 0 Å². The van der Waals surface area contributed by atoms with Gasteiger partial charge < -0.3 is 20.2 Å². The molecule has 0 aromatic heterocycles. The Balaban J connectivity index is 1.76. The number of aliphatic hydroxyl groups excluding tert-OH is 1. The van der Waals surface area contributed by atoms with E-state index in [9.17, 15) is 0 Å². The Kier molecular flexibility index (Phi) is 4.60. The molecule has 0 aliphatic carbocycles. The zero-order valence-electron chi connectivity index (χ0n) is 12.5. The van der Waals surface area contributed by atoms with Crippen molar-refractivity contribution < 1.29 is 5.11 Å². The second-order valence-corrected chi connectivity index (χ2v) is 5.61. The van der Waals surface area contributed by atoms with Crippen molar-refractivity contribution in [2.75, 3.05) is 49.5 Å². The van der Waals surface area contributed by atoms with Crippen LogP contribution in [0.15, 0.2) is 29.3 Å². The van der Waals surface area contributed by atoms with Gasteiger partial charge in [0.15, 0.2) is 5.96 Å². The van der Waals surface area contributed by atoms with E-state index in [0.717, 1.165) is 37.8 Å². The second kappa shape index (κ2) is 6.80. The summed E-state index contributed by atoms with van der Waals surface area (Å²) in [6.07, 6.45) is 3.88. The van der Waals surface area contributed by atoms with E-state index in [1.807, 2.05) is 0 Å². The number of hydrogen-bond acceptors (Lipinski definition) is 5. The molecule has 0 amide bonds. The van der Waals surface area contributed by atoms with E-state index < -0.39 is 0 Å². The van der Waals surface area contributed by atoms with Crippen molar-refractivity contribution >= 4 is 17.3 Å². The Bertz CT molecular complexity index is 497. The summed E-state index contributed by atoms with van der Waals surface area (Å²) < 4.78 is 0. The van der Waals surface area contributed by atoms with Crippen molar-refractivity contribution in [2.45, 2.75) is 19.3 Å². The van der Waals surface area contributed by atoms with Crippen LogP contribution >= 0.6 is 0 Å². The number of hydrogen-bond donors (Lipinski definition) is 2. The largest absolute Gasteiger partial charge is 0.395 e. The van der Waals surface area contributed by atoms with E-state index in [1.54, 1.807) is 0 Å². The third kappa shape index (κ3) is 3.29. The molecule has 1 aromatic rings. The van der Waals surface area contributed by atoms with Crippen molar-refractivity contribution in [2.24, 2.45) is 4.99 Å². The predicted molar refractivity (Wildman–Crippen MR) is 87.1 cm³/mol. The number of anilines is 2. The van der Waals surface area contributed by atoms with Crippen LogP contribution in [0.5, 0.6) is 0 Å². The summed E-state index contributed by atoms with van der Waals surface area (Å²) in [5.74, 6) is 0.883. The van der Waals surface area contributed by atoms with Gasteiger partial charge in [-0.3, -0.25) is 4.99 Å². The van der Waals surface area contributed by atoms with Crippen LogP contribution in [-0.2, 0) is 0 Å². The average molecular weight is 288 g/mol. The quantitative estimate of drug-likeness (QED) is 0.886. The van der Waals surface area contributed by atoms with Gasteiger partial charge in [-0.05, 0) is 31.4 Å². The lowest BCUT2D eigenvalue weighted by Gasteiger charge is -2.31. The minimum Gasteiger partial charge on any atom is -0.395 e. The van der Waals surface area contributed by atoms with Crippen molar-refractivity contribution in [3.05, 3.63) is 24.3 Å². The molecule has 2 aliphatic rings. The lowest BCUT2D eigenvalue weighted by molar-refractivity contribution is 0.256. The fourth-order valence-corrected chi connectivity index (χ4v) is 3.05. The van der Waals surface area contributed by atoms with Crippen molar-refractivity contribution in [1.29, 1.82) is 0 Å². The van der Waals surface area contributed by atoms with E-state index in [-0.39, 0.29) is 6.61 Å². The van der Waals surface area contributed by atoms with Crippen LogP contribution < -0.4 is 10.2 Å². The highest BCUT2D eigenvalue weighted by Crippen LogP contribution is 2.28. The van der Waals surface area contributed by atoms with Crippen LogP contribution in [0.25, 0.3) is 0 Å². The predicted octanol–water partition coefficient (Wildman–Crippen LogP) is 1.75. The Labute approximate surface area is 126 Å². The molecule has 0 saturated carbocycles. The first kappa shape index (κ1) is 14.2. The molecule has 0 bridgehead atoms. The van der Waals surface area contributed by atoms with Gasteiger partial charge in [0.25, 0.3) is 0 Å². The van der Waals surface area contributed by atoms with E-state index in [0.29, 0.717) is 6.54 Å². The molecule has 0 spiro atoms. The van der Waals surface area contributed by atoms with E-state index >= 15 is 0 Å². The first-order valence-electron chi connectivity index (χ1n) is 7.90. The molecule has 21 heavy (non-hydrogen) atoms. The van der Waals surface area contributed by atoms with E-state index in [1.165, 1.54) is 24.9 Å². The van der Waals surface area contributed by atoms with Crippen molar-refractivity contribution in [3.8, 4) is 0 Å². The SMILES string of the molecule is OCCN1CCN=C1Nc1ccccc1N1CCCCC1. The maximum absolute atomic E-state index is 9.14. The molecule has 3 rings (SSSR count). The number of guanidine groups is 1. The number of nitrogens with zero attached hydrogens (tertiary/aromatic N) is 3. The molecule has 0 radical (unpaired) electrons. The number of β-amino-alcohol motifs (C(OH)–C–C–N with tert-alkyl or cyclic N) is 1. The van der Waals surface area contributed by atoms with Crippen molar-refractivity contribution in [3.63, 3.8) is 0 Å². The van der Waals surface area contributed by atoms with Crippen LogP contribution in [0.2, 0.25) is 0 Å². The molecule has 5 heteroatoms. The molecular formula is C16H24N4O. The molecule has 5 nitrogen and oxygen atoms in total. The zero-order chi connectivity index (χ0) is 14.5. The fraction of sp³-hybridized carbons (Fsp3) is 0.562. The Hall–Kier alpha value is -1.75. The molecule has 2 heterocycles. The van der Waals surface area contributed by atoms with Gasteiger partial charge >= 0.3 is 0 Å². The zero-order valence-corrected chi connectivity index (χ0v) is 12.5. The van der Waals surface area contributed by atoms with Crippen molar-refractivity contribution in [1.82, 2.24) is 4.90 Å². The number of piperidine rings is 1. The highest BCUT2D eigenvalue weighted by molar-refractivity contribution is 5.97. The summed E-state index contributed by atoms with van der Waals surface area (Å²) >= 11 is 0. The summed E-state index contributed by atoms with van der Waals surface area (Å²) in [6, 6.07) is 8.44. The number of nitrogens with one attached hydrogen (secondary N) is 1. The maximum Gasteiger partial charge on any atom is 0.198 e. The van der Waals surface area contributed by atoms with Gasteiger partial charge in [0.2, 0.25) is 0 Å². The highest BCUT2D eigenvalue weighted by Gasteiger charge is 2.19. The Morgan fingerprint density at radius 3 is 2.71 bits per heavy atom. The molecule has 2 N–H and O–H groups in total. The molecule has 0 unspecified atom stereocenters. The van der Waals surface area contributed by atoms with Crippen LogP contribution in [0.1, 0.15) is 19.3 Å². The number of benzene rings is 1. The van der Waals surface area contributed by atoms with E-state index in [2.05, 4.69) is 44.4 Å². The fourth-order valence-electron chi connectivity index (χ4n) is 3.05. The Morgan fingerprint density at radius 2 is 1.90 bits per heavy atom. The molecule has 1 saturated heterocycles. The number of aliphatic imine (C=N–C) groups is 1. The lowest BCUT2D eigenvalue weighted by Crippen LogP contribution is -2.36. The smallest absolute Gasteiger partial charge is 0.198 e. The first-order chi connectivity index (χ1) is 10.4. The van der Waals surface area contributed by atoms with Crippen LogP contribution in [-0.4, -0.2) is 55.3 Å². The average Bonchev–Trinajstić information content (AvgIpc) is 2.96. The van der Waals surface area contributed by atoms with Gasteiger partial charge in [0.1, 0.15) is 0 Å². The van der Waals surface area contributed by atoms with Gasteiger partial charge in [-0.15, -0.1) is 0 Å². The van der Waals surface area contributed by atoms with Gasteiger partial charge in [0.05, 0.1) is 24.5 Å². The van der Waals surface area contributed by atoms with Gasteiger partial charge in [-0.2, -0.15) is 0 Å². The minimum atomic E-state index is 0.161. The number of para-hydroxylation sites is 2. The standard InChI is InChI=1S/C16H24N4O/c21-13-12-20-11-8-17-16(20)18-14-6-2-3-7-15(14)19-9-4-1-5-10-19/h2-3,6-7,21H,1,4-5,8-13H2,(H,17,18). The molecule has 114 valence electrons. The third-order valence-electron chi connectivity index (χ3n) is 4.15. The summed E-state index contributed by atoms with van der Waals surface area (Å²) in [5, 5.41) is 12.6.